The first-order valence-electron chi connectivity index (χ1n) is 3.29. The highest BCUT2D eigenvalue weighted by Crippen LogP contribution is 1.90. The Hall–Kier alpha value is -0.480. The van der Waals surface area contributed by atoms with Gasteiger partial charge in [-0.2, -0.15) is 12.6 Å². The number of ether oxygens (including phenoxy) is 1. The predicted molar refractivity (Wildman–Crippen MR) is 47.9 cm³/mol. The minimum Gasteiger partial charge on any atom is -0.468 e. The minimum absolute atomic E-state index is 0.290. The van der Waals surface area contributed by atoms with Gasteiger partial charge in [0.15, 0.2) is 0 Å². The number of hydrogen-bond donors (Lipinski definition) is 2. The fraction of sp³-hybridized carbons (Fsp3) is 0.571. The number of nitrogens with one attached hydrogen (secondary N) is 1. The third-order valence-electron chi connectivity index (χ3n) is 1.18. The second kappa shape index (κ2) is 6.24. The van der Waals surface area contributed by atoms with Gasteiger partial charge < -0.3 is 10.1 Å². The summed E-state index contributed by atoms with van der Waals surface area (Å²) in [7, 11) is 1.36. The molecular formula is C7H13NO2S. The van der Waals surface area contributed by atoms with E-state index in [1.54, 1.807) is 6.08 Å². The van der Waals surface area contributed by atoms with Crippen molar-refractivity contribution in [3.63, 3.8) is 0 Å². The van der Waals surface area contributed by atoms with Crippen molar-refractivity contribution in [1.29, 1.82) is 0 Å². The summed E-state index contributed by atoms with van der Waals surface area (Å²) in [6.07, 6.45) is 1.68. The molecule has 0 aliphatic heterocycles. The van der Waals surface area contributed by atoms with Crippen LogP contribution in [0.1, 0.15) is 0 Å². The number of hydrogen-bond acceptors (Lipinski definition) is 4. The molecule has 0 radical (unpaired) electrons. The van der Waals surface area contributed by atoms with Gasteiger partial charge in [0.2, 0.25) is 0 Å². The number of carbonyl (C=O) groups is 1. The third-order valence-corrected chi connectivity index (χ3v) is 1.54. The lowest BCUT2D eigenvalue weighted by molar-refractivity contribution is -0.142. The van der Waals surface area contributed by atoms with E-state index in [9.17, 15) is 4.79 Å². The van der Waals surface area contributed by atoms with Gasteiger partial charge in [0.05, 0.1) is 7.11 Å². The van der Waals surface area contributed by atoms with Gasteiger partial charge in [-0.15, -0.1) is 6.58 Å². The lowest BCUT2D eigenvalue weighted by Gasteiger charge is -2.11. The molecule has 1 N–H and O–H groups in total. The van der Waals surface area contributed by atoms with Crippen LogP contribution in [0.2, 0.25) is 0 Å². The summed E-state index contributed by atoms with van der Waals surface area (Å²) in [4.78, 5) is 10.9. The van der Waals surface area contributed by atoms with Gasteiger partial charge in [0.1, 0.15) is 6.04 Å². The van der Waals surface area contributed by atoms with Crippen molar-refractivity contribution >= 4 is 18.6 Å². The van der Waals surface area contributed by atoms with E-state index in [1.807, 2.05) is 0 Å². The number of esters is 1. The van der Waals surface area contributed by atoms with E-state index >= 15 is 0 Å². The molecular weight excluding hydrogens is 162 g/mol. The molecule has 0 heterocycles. The topological polar surface area (TPSA) is 38.3 Å². The Morgan fingerprint density at radius 1 is 1.91 bits per heavy atom. The number of rotatable bonds is 5. The summed E-state index contributed by atoms with van der Waals surface area (Å²) in [6, 6.07) is -0.332. The standard InChI is InChI=1S/C7H13NO2S/c1-3-4-8-6(5-11)7(9)10-2/h3,6,8,11H,1,4-5H2,2H3. The SMILES string of the molecule is C=CCNC(CS)C(=O)OC. The highest BCUT2D eigenvalue weighted by Gasteiger charge is 2.14. The monoisotopic (exact) mass is 175 g/mol. The van der Waals surface area contributed by atoms with Crippen molar-refractivity contribution < 1.29 is 9.53 Å². The number of carbonyl (C=O) groups excluding carboxylic acids is 1. The van der Waals surface area contributed by atoms with Crippen molar-refractivity contribution in [1.82, 2.24) is 5.32 Å². The highest BCUT2D eigenvalue weighted by atomic mass is 32.1. The molecule has 0 aromatic rings. The van der Waals surface area contributed by atoms with Gasteiger partial charge >= 0.3 is 5.97 Å². The van der Waals surface area contributed by atoms with Crippen LogP contribution in [0.25, 0.3) is 0 Å². The number of thiol groups is 1. The smallest absolute Gasteiger partial charge is 0.323 e. The maximum atomic E-state index is 10.9. The second-order valence-corrected chi connectivity index (χ2v) is 2.32. The van der Waals surface area contributed by atoms with Gasteiger partial charge in [0, 0.05) is 12.3 Å². The molecule has 0 rings (SSSR count). The molecule has 0 amide bonds. The first kappa shape index (κ1) is 10.5. The Kier molecular flexibility index (Phi) is 5.97. The predicted octanol–water partition coefficient (Wildman–Crippen LogP) is 0.233. The Balaban J connectivity index is 3.74. The fourth-order valence-electron chi connectivity index (χ4n) is 0.590. The Labute approximate surface area is 72.2 Å². The normalized spacial score (nSPS) is 12.2. The molecule has 3 nitrogen and oxygen atoms in total. The summed E-state index contributed by atoms with van der Waals surface area (Å²) in [5.74, 6) is 0.141. The van der Waals surface area contributed by atoms with Crippen molar-refractivity contribution in [2.45, 2.75) is 6.04 Å². The van der Waals surface area contributed by atoms with E-state index in [4.69, 9.17) is 0 Å². The Morgan fingerprint density at radius 2 is 2.55 bits per heavy atom. The molecule has 0 spiro atoms. The lowest BCUT2D eigenvalue weighted by Crippen LogP contribution is -2.39. The second-order valence-electron chi connectivity index (χ2n) is 1.96. The van der Waals surface area contributed by atoms with E-state index < -0.39 is 0 Å². The molecule has 0 fully saturated rings. The van der Waals surface area contributed by atoms with Gasteiger partial charge in [-0.25, -0.2) is 0 Å². The van der Waals surface area contributed by atoms with Crippen molar-refractivity contribution in [3.05, 3.63) is 12.7 Å². The summed E-state index contributed by atoms with van der Waals surface area (Å²) < 4.78 is 4.52. The van der Waals surface area contributed by atoms with Crippen molar-refractivity contribution in [2.75, 3.05) is 19.4 Å². The quantitative estimate of drug-likeness (QED) is 0.357. The molecule has 4 heteroatoms. The maximum Gasteiger partial charge on any atom is 0.323 e. The van der Waals surface area contributed by atoms with Crippen LogP contribution in [0.15, 0.2) is 12.7 Å². The molecule has 1 atom stereocenters. The Morgan fingerprint density at radius 3 is 2.91 bits per heavy atom. The van der Waals surface area contributed by atoms with E-state index in [0.29, 0.717) is 12.3 Å². The van der Waals surface area contributed by atoms with Gasteiger partial charge in [0.25, 0.3) is 0 Å². The summed E-state index contributed by atoms with van der Waals surface area (Å²) >= 11 is 3.98. The van der Waals surface area contributed by atoms with E-state index in [-0.39, 0.29) is 12.0 Å². The highest BCUT2D eigenvalue weighted by molar-refractivity contribution is 7.80. The van der Waals surface area contributed by atoms with Crippen LogP contribution in [0.3, 0.4) is 0 Å². The summed E-state index contributed by atoms with van der Waals surface area (Å²) in [5.41, 5.74) is 0. The largest absolute Gasteiger partial charge is 0.468 e. The van der Waals surface area contributed by atoms with Gasteiger partial charge in [-0.1, -0.05) is 6.08 Å². The van der Waals surface area contributed by atoms with Crippen molar-refractivity contribution in [3.8, 4) is 0 Å². The van der Waals surface area contributed by atoms with E-state index in [0.717, 1.165) is 0 Å². The van der Waals surface area contributed by atoms with Crippen LogP contribution in [0.5, 0.6) is 0 Å². The maximum absolute atomic E-state index is 10.9. The van der Waals surface area contributed by atoms with Crippen molar-refractivity contribution in [2.24, 2.45) is 0 Å². The molecule has 0 aliphatic carbocycles. The molecule has 11 heavy (non-hydrogen) atoms. The zero-order valence-corrected chi connectivity index (χ0v) is 7.43. The first-order valence-corrected chi connectivity index (χ1v) is 3.92. The van der Waals surface area contributed by atoms with Gasteiger partial charge in [-0.05, 0) is 0 Å². The van der Waals surface area contributed by atoms with Crippen LogP contribution in [-0.4, -0.2) is 31.4 Å². The molecule has 0 bridgehead atoms. The molecule has 0 aromatic carbocycles. The molecule has 0 aromatic heterocycles. The summed E-state index contributed by atoms with van der Waals surface area (Å²) in [5, 5.41) is 2.90. The molecule has 0 saturated heterocycles. The van der Waals surface area contributed by atoms with Crippen LogP contribution >= 0.6 is 12.6 Å². The molecule has 1 unspecified atom stereocenters. The molecule has 0 aliphatic rings. The third kappa shape index (κ3) is 4.06. The first-order chi connectivity index (χ1) is 5.26. The Bertz CT molecular complexity index is 138. The molecule has 64 valence electrons. The van der Waals surface area contributed by atoms with E-state index in [1.165, 1.54) is 7.11 Å². The average Bonchev–Trinajstić information content (AvgIpc) is 2.05. The zero-order valence-electron chi connectivity index (χ0n) is 6.54. The lowest BCUT2D eigenvalue weighted by atomic mass is 10.3. The van der Waals surface area contributed by atoms with Gasteiger partial charge in [-0.3, -0.25) is 4.79 Å². The minimum atomic E-state index is -0.332. The number of methoxy groups -OCH3 is 1. The van der Waals surface area contributed by atoms with Crippen LogP contribution in [0.4, 0.5) is 0 Å². The molecule has 0 saturated carbocycles. The zero-order chi connectivity index (χ0) is 8.69. The fourth-order valence-corrected chi connectivity index (χ4v) is 0.868. The summed E-state index contributed by atoms with van der Waals surface area (Å²) in [6.45, 7) is 4.10. The van der Waals surface area contributed by atoms with Crippen LogP contribution in [0, 0.1) is 0 Å². The average molecular weight is 175 g/mol. The van der Waals surface area contributed by atoms with E-state index in [2.05, 4.69) is 29.3 Å². The van der Waals surface area contributed by atoms with Crippen LogP contribution < -0.4 is 5.32 Å². The van der Waals surface area contributed by atoms with Crippen LogP contribution in [-0.2, 0) is 9.53 Å².